The van der Waals surface area contributed by atoms with Gasteiger partial charge in [-0.3, -0.25) is 4.79 Å². The van der Waals surface area contributed by atoms with Crippen LogP contribution < -0.4 is 10.6 Å². The zero-order chi connectivity index (χ0) is 12.8. The minimum Gasteiger partial charge on any atom is -0.480 e. The smallest absolute Gasteiger partial charge is 0.322 e. The lowest BCUT2D eigenvalue weighted by Gasteiger charge is -2.17. The third-order valence-electron chi connectivity index (χ3n) is 2.73. The molecule has 4 nitrogen and oxygen atoms in total. The van der Waals surface area contributed by atoms with E-state index in [1.807, 2.05) is 18.2 Å². The Labute approximate surface area is 102 Å². The summed E-state index contributed by atoms with van der Waals surface area (Å²) in [5.74, 6) is -0.432. The molecule has 3 N–H and O–H groups in total. The van der Waals surface area contributed by atoms with E-state index in [2.05, 4.69) is 30.5 Å². The SMILES string of the molecule is CNC(CNc1ccccc1C(C)C)C(=O)O. The van der Waals surface area contributed by atoms with E-state index in [9.17, 15) is 4.79 Å². The lowest BCUT2D eigenvalue weighted by molar-refractivity contribution is -0.138. The summed E-state index contributed by atoms with van der Waals surface area (Å²) in [6, 6.07) is 7.40. The van der Waals surface area contributed by atoms with E-state index in [-0.39, 0.29) is 0 Å². The highest BCUT2D eigenvalue weighted by Crippen LogP contribution is 2.23. The van der Waals surface area contributed by atoms with Gasteiger partial charge in [-0.05, 0) is 24.6 Å². The van der Waals surface area contributed by atoms with Crippen LogP contribution in [0.15, 0.2) is 24.3 Å². The zero-order valence-electron chi connectivity index (χ0n) is 10.5. The Morgan fingerprint density at radius 1 is 1.35 bits per heavy atom. The van der Waals surface area contributed by atoms with Gasteiger partial charge in [-0.1, -0.05) is 32.0 Å². The number of nitrogens with one attached hydrogen (secondary N) is 2. The van der Waals surface area contributed by atoms with E-state index in [4.69, 9.17) is 5.11 Å². The van der Waals surface area contributed by atoms with E-state index in [1.54, 1.807) is 7.05 Å². The predicted molar refractivity (Wildman–Crippen MR) is 69.5 cm³/mol. The first-order valence-corrected chi connectivity index (χ1v) is 5.79. The molecule has 94 valence electrons. The number of carboxylic acid groups (broad SMARTS) is 1. The fourth-order valence-corrected chi connectivity index (χ4v) is 1.69. The fourth-order valence-electron chi connectivity index (χ4n) is 1.69. The topological polar surface area (TPSA) is 61.4 Å². The van der Waals surface area contributed by atoms with E-state index in [0.717, 1.165) is 5.69 Å². The molecule has 1 atom stereocenters. The molecule has 1 rings (SSSR count). The minimum absolute atomic E-state index is 0.371. The van der Waals surface area contributed by atoms with Gasteiger partial charge in [-0.15, -0.1) is 0 Å². The van der Waals surface area contributed by atoms with Crippen molar-refractivity contribution in [1.29, 1.82) is 0 Å². The molecule has 0 heterocycles. The molecule has 0 saturated heterocycles. The maximum absolute atomic E-state index is 10.9. The van der Waals surface area contributed by atoms with E-state index in [1.165, 1.54) is 5.56 Å². The highest BCUT2D eigenvalue weighted by Gasteiger charge is 2.15. The molecule has 0 aliphatic rings. The van der Waals surface area contributed by atoms with Gasteiger partial charge in [0.25, 0.3) is 0 Å². The van der Waals surface area contributed by atoms with Crippen LogP contribution in [0.2, 0.25) is 0 Å². The van der Waals surface area contributed by atoms with Crippen molar-refractivity contribution in [3.8, 4) is 0 Å². The summed E-state index contributed by atoms with van der Waals surface area (Å²) in [6.45, 7) is 4.61. The van der Waals surface area contributed by atoms with Gasteiger partial charge in [0.2, 0.25) is 0 Å². The van der Waals surface area contributed by atoms with Gasteiger partial charge in [0.1, 0.15) is 6.04 Å². The Morgan fingerprint density at radius 2 is 2.00 bits per heavy atom. The van der Waals surface area contributed by atoms with Crippen LogP contribution in [0.25, 0.3) is 0 Å². The van der Waals surface area contributed by atoms with Crippen LogP contribution in [-0.4, -0.2) is 30.7 Å². The van der Waals surface area contributed by atoms with Crippen molar-refractivity contribution in [3.63, 3.8) is 0 Å². The second-order valence-electron chi connectivity index (χ2n) is 4.30. The highest BCUT2D eigenvalue weighted by atomic mass is 16.4. The first-order chi connectivity index (χ1) is 8.06. The van der Waals surface area contributed by atoms with Crippen LogP contribution in [0.1, 0.15) is 25.3 Å². The number of anilines is 1. The standard InChI is InChI=1S/C13H20N2O2/c1-9(2)10-6-4-5-7-11(10)15-8-12(14-3)13(16)17/h4-7,9,12,14-15H,8H2,1-3H3,(H,16,17). The fraction of sp³-hybridized carbons (Fsp3) is 0.462. The van der Waals surface area contributed by atoms with Crippen molar-refractivity contribution in [2.45, 2.75) is 25.8 Å². The molecule has 0 fully saturated rings. The summed E-state index contributed by atoms with van der Waals surface area (Å²) in [4.78, 5) is 10.9. The summed E-state index contributed by atoms with van der Waals surface area (Å²) >= 11 is 0. The number of hydrogen-bond donors (Lipinski definition) is 3. The molecule has 0 bridgehead atoms. The molecule has 1 unspecified atom stereocenters. The first-order valence-electron chi connectivity index (χ1n) is 5.79. The number of hydrogen-bond acceptors (Lipinski definition) is 3. The van der Waals surface area contributed by atoms with Gasteiger partial charge in [0.05, 0.1) is 0 Å². The highest BCUT2D eigenvalue weighted by molar-refractivity contribution is 5.74. The average molecular weight is 236 g/mol. The number of carbonyl (C=O) groups is 1. The number of benzene rings is 1. The quantitative estimate of drug-likeness (QED) is 0.706. The molecule has 0 aliphatic heterocycles. The Morgan fingerprint density at radius 3 is 2.53 bits per heavy atom. The molecule has 1 aromatic carbocycles. The normalized spacial score (nSPS) is 12.5. The van der Waals surface area contributed by atoms with E-state index >= 15 is 0 Å². The second-order valence-corrected chi connectivity index (χ2v) is 4.30. The molecule has 0 spiro atoms. The largest absolute Gasteiger partial charge is 0.480 e. The summed E-state index contributed by atoms with van der Waals surface area (Å²) in [5.41, 5.74) is 2.21. The second kappa shape index (κ2) is 6.25. The molecule has 0 aromatic heterocycles. The molecular formula is C13H20N2O2. The van der Waals surface area contributed by atoms with Gasteiger partial charge >= 0.3 is 5.97 Å². The number of carboxylic acids is 1. The number of likely N-dealkylation sites (N-methyl/N-ethyl adjacent to an activating group) is 1. The molecule has 0 aliphatic carbocycles. The number of aliphatic carboxylic acids is 1. The van der Waals surface area contributed by atoms with Gasteiger partial charge in [0, 0.05) is 12.2 Å². The van der Waals surface area contributed by atoms with Crippen molar-refractivity contribution >= 4 is 11.7 Å². The van der Waals surface area contributed by atoms with Crippen LogP contribution in [-0.2, 0) is 4.79 Å². The van der Waals surface area contributed by atoms with Gasteiger partial charge < -0.3 is 15.7 Å². The van der Waals surface area contributed by atoms with Gasteiger partial charge in [-0.2, -0.15) is 0 Å². The zero-order valence-corrected chi connectivity index (χ0v) is 10.5. The minimum atomic E-state index is -0.845. The van der Waals surface area contributed by atoms with Crippen LogP contribution in [0.4, 0.5) is 5.69 Å². The molecule has 0 amide bonds. The monoisotopic (exact) mass is 236 g/mol. The third kappa shape index (κ3) is 3.75. The summed E-state index contributed by atoms with van der Waals surface area (Å²) in [7, 11) is 1.65. The molecule has 0 saturated carbocycles. The van der Waals surface area contributed by atoms with Gasteiger partial charge in [0.15, 0.2) is 0 Å². The Kier molecular flexibility index (Phi) is 4.97. The lowest BCUT2D eigenvalue weighted by atomic mass is 10.0. The summed E-state index contributed by atoms with van der Waals surface area (Å²) in [6.07, 6.45) is 0. The summed E-state index contributed by atoms with van der Waals surface area (Å²) < 4.78 is 0. The molecule has 1 aromatic rings. The van der Waals surface area contributed by atoms with Crippen molar-refractivity contribution in [2.75, 3.05) is 18.9 Å². The Balaban J connectivity index is 2.71. The molecule has 0 radical (unpaired) electrons. The maximum atomic E-state index is 10.9. The number of rotatable bonds is 6. The third-order valence-corrected chi connectivity index (χ3v) is 2.73. The number of para-hydroxylation sites is 1. The first kappa shape index (κ1) is 13.5. The average Bonchev–Trinajstić information content (AvgIpc) is 2.29. The van der Waals surface area contributed by atoms with Crippen molar-refractivity contribution in [3.05, 3.63) is 29.8 Å². The Hall–Kier alpha value is -1.55. The summed E-state index contributed by atoms with van der Waals surface area (Å²) in [5, 5.41) is 14.9. The van der Waals surface area contributed by atoms with E-state index < -0.39 is 12.0 Å². The van der Waals surface area contributed by atoms with Gasteiger partial charge in [-0.25, -0.2) is 0 Å². The maximum Gasteiger partial charge on any atom is 0.322 e. The van der Waals surface area contributed by atoms with Crippen molar-refractivity contribution in [1.82, 2.24) is 5.32 Å². The van der Waals surface area contributed by atoms with Crippen molar-refractivity contribution in [2.24, 2.45) is 0 Å². The van der Waals surface area contributed by atoms with E-state index in [0.29, 0.717) is 12.5 Å². The lowest BCUT2D eigenvalue weighted by Crippen LogP contribution is -2.39. The predicted octanol–water partition coefficient (Wildman–Crippen LogP) is 1.89. The molecule has 17 heavy (non-hydrogen) atoms. The van der Waals surface area contributed by atoms with Crippen LogP contribution in [0.5, 0.6) is 0 Å². The van der Waals surface area contributed by atoms with Crippen LogP contribution in [0, 0.1) is 0 Å². The van der Waals surface area contributed by atoms with Crippen LogP contribution in [0.3, 0.4) is 0 Å². The van der Waals surface area contributed by atoms with Crippen molar-refractivity contribution < 1.29 is 9.90 Å². The molecular weight excluding hydrogens is 216 g/mol. The van der Waals surface area contributed by atoms with Crippen LogP contribution >= 0.6 is 0 Å². The molecule has 4 heteroatoms. The Bertz CT molecular complexity index is 377.